The molecule has 3 aromatic rings. The fourth-order valence-corrected chi connectivity index (χ4v) is 4.08. The quantitative estimate of drug-likeness (QED) is 0.476. The minimum absolute atomic E-state index is 0.0362. The van der Waals surface area contributed by atoms with Gasteiger partial charge in [-0.05, 0) is 50.1 Å². The van der Waals surface area contributed by atoms with Gasteiger partial charge in [0.15, 0.2) is 12.4 Å². The number of nitrogens with one attached hydrogen (secondary N) is 1. The standard InChI is InChI=1S/C21H21ClN4O5S/c1-4-30-21(29)16-12(3)17(18(23)27)32-20(16)24-19(28)14-7-8-26(25-14)10-31-15-9-11(2)5-6-13(15)22/h5-9H,4,10H2,1-3H3,(H2,23,27)(H,24,28). The van der Waals surface area contributed by atoms with E-state index in [0.29, 0.717) is 16.3 Å². The van der Waals surface area contributed by atoms with Gasteiger partial charge >= 0.3 is 5.97 Å². The van der Waals surface area contributed by atoms with Crippen LogP contribution in [-0.2, 0) is 11.5 Å². The normalized spacial score (nSPS) is 10.6. The van der Waals surface area contributed by atoms with Crippen molar-refractivity contribution in [3.05, 3.63) is 62.7 Å². The number of anilines is 1. The summed E-state index contributed by atoms with van der Waals surface area (Å²) in [5.41, 5.74) is 6.91. The fourth-order valence-electron chi connectivity index (χ4n) is 2.86. The Bertz CT molecular complexity index is 1190. The molecule has 0 aliphatic carbocycles. The summed E-state index contributed by atoms with van der Waals surface area (Å²) < 4.78 is 12.1. The average Bonchev–Trinajstić information content (AvgIpc) is 3.33. The van der Waals surface area contributed by atoms with Gasteiger partial charge in [-0.1, -0.05) is 17.7 Å². The number of ether oxygens (including phenoxy) is 2. The first-order valence-electron chi connectivity index (χ1n) is 9.55. The summed E-state index contributed by atoms with van der Waals surface area (Å²) in [4.78, 5) is 36.9. The van der Waals surface area contributed by atoms with Crippen molar-refractivity contribution in [1.29, 1.82) is 0 Å². The van der Waals surface area contributed by atoms with Crippen LogP contribution in [0.15, 0.2) is 30.5 Å². The van der Waals surface area contributed by atoms with Gasteiger partial charge in [-0.15, -0.1) is 11.3 Å². The second kappa shape index (κ2) is 9.84. The Morgan fingerprint density at radius 3 is 2.69 bits per heavy atom. The van der Waals surface area contributed by atoms with E-state index in [1.54, 1.807) is 32.2 Å². The van der Waals surface area contributed by atoms with Crippen LogP contribution in [0.1, 0.15) is 48.6 Å². The third-order valence-corrected chi connectivity index (χ3v) is 5.92. The third-order valence-electron chi connectivity index (χ3n) is 4.39. The molecule has 0 atom stereocenters. The summed E-state index contributed by atoms with van der Waals surface area (Å²) in [6.45, 7) is 5.32. The Labute approximate surface area is 193 Å². The molecule has 0 fully saturated rings. The van der Waals surface area contributed by atoms with Gasteiger partial charge < -0.3 is 20.5 Å². The molecule has 32 heavy (non-hydrogen) atoms. The number of aromatic nitrogens is 2. The number of nitrogens with two attached hydrogens (primary N) is 1. The first kappa shape index (κ1) is 23.3. The first-order valence-corrected chi connectivity index (χ1v) is 10.7. The lowest BCUT2D eigenvalue weighted by molar-refractivity contribution is 0.0527. The van der Waals surface area contributed by atoms with Crippen LogP contribution in [0.25, 0.3) is 0 Å². The molecule has 1 aromatic carbocycles. The maximum Gasteiger partial charge on any atom is 0.341 e. The highest BCUT2D eigenvalue weighted by molar-refractivity contribution is 7.18. The predicted molar refractivity (Wildman–Crippen MR) is 121 cm³/mol. The molecule has 0 radical (unpaired) electrons. The smallest absolute Gasteiger partial charge is 0.341 e. The molecule has 2 heterocycles. The zero-order valence-corrected chi connectivity index (χ0v) is 19.2. The first-order chi connectivity index (χ1) is 15.2. The number of esters is 1. The Hall–Kier alpha value is -3.37. The average molecular weight is 477 g/mol. The third kappa shape index (κ3) is 5.09. The molecule has 2 aromatic heterocycles. The van der Waals surface area contributed by atoms with E-state index in [9.17, 15) is 14.4 Å². The van der Waals surface area contributed by atoms with Crippen molar-refractivity contribution >= 4 is 45.7 Å². The van der Waals surface area contributed by atoms with Crippen LogP contribution in [-0.4, -0.2) is 34.2 Å². The van der Waals surface area contributed by atoms with E-state index >= 15 is 0 Å². The highest BCUT2D eigenvalue weighted by Gasteiger charge is 2.26. The number of halogens is 1. The number of nitrogens with zero attached hydrogens (tertiary/aromatic N) is 2. The zero-order valence-electron chi connectivity index (χ0n) is 17.6. The molecule has 0 saturated carbocycles. The van der Waals surface area contributed by atoms with Gasteiger partial charge in [0.05, 0.1) is 22.1 Å². The van der Waals surface area contributed by atoms with Crippen molar-refractivity contribution in [2.75, 3.05) is 11.9 Å². The van der Waals surface area contributed by atoms with E-state index in [1.807, 2.05) is 13.0 Å². The van der Waals surface area contributed by atoms with Crippen molar-refractivity contribution in [3.8, 4) is 5.75 Å². The van der Waals surface area contributed by atoms with E-state index in [1.165, 1.54) is 10.7 Å². The molecule has 168 valence electrons. The maximum atomic E-state index is 12.7. The second-order valence-corrected chi connectivity index (χ2v) is 8.17. The molecule has 3 N–H and O–H groups in total. The van der Waals surface area contributed by atoms with Crippen LogP contribution < -0.4 is 15.8 Å². The number of amides is 2. The van der Waals surface area contributed by atoms with Crippen LogP contribution in [0.5, 0.6) is 5.75 Å². The minimum atomic E-state index is -0.699. The molecule has 2 amide bonds. The largest absolute Gasteiger partial charge is 0.470 e. The molecular weight excluding hydrogens is 456 g/mol. The molecule has 0 saturated heterocycles. The number of aryl methyl sites for hydroxylation is 1. The predicted octanol–water partition coefficient (Wildman–Crippen LogP) is 3.78. The highest BCUT2D eigenvalue weighted by Crippen LogP contribution is 2.34. The summed E-state index contributed by atoms with van der Waals surface area (Å²) in [5, 5.41) is 7.43. The number of primary amides is 1. The van der Waals surface area contributed by atoms with Gasteiger partial charge in [-0.2, -0.15) is 5.10 Å². The molecule has 0 aliphatic rings. The van der Waals surface area contributed by atoms with Crippen molar-refractivity contribution in [2.45, 2.75) is 27.5 Å². The van der Waals surface area contributed by atoms with E-state index in [2.05, 4.69) is 10.4 Å². The lowest BCUT2D eigenvalue weighted by Crippen LogP contribution is -2.16. The molecule has 0 bridgehead atoms. The van der Waals surface area contributed by atoms with Crippen LogP contribution in [0, 0.1) is 13.8 Å². The summed E-state index contributed by atoms with van der Waals surface area (Å²) in [6.07, 6.45) is 1.57. The Balaban J connectivity index is 1.76. The molecule has 3 rings (SSSR count). The maximum absolute atomic E-state index is 12.7. The van der Waals surface area contributed by atoms with Crippen LogP contribution >= 0.6 is 22.9 Å². The number of thiophene rings is 1. The van der Waals surface area contributed by atoms with Crippen LogP contribution in [0.2, 0.25) is 5.02 Å². The molecule has 0 aliphatic heterocycles. The Morgan fingerprint density at radius 2 is 2.00 bits per heavy atom. The second-order valence-electron chi connectivity index (χ2n) is 6.75. The number of carbonyl (C=O) groups excluding carboxylic acids is 3. The topological polar surface area (TPSA) is 126 Å². The molecule has 0 spiro atoms. The van der Waals surface area contributed by atoms with Gasteiger partial charge in [0.1, 0.15) is 10.8 Å². The number of benzene rings is 1. The van der Waals surface area contributed by atoms with Crippen LogP contribution in [0.4, 0.5) is 5.00 Å². The lowest BCUT2D eigenvalue weighted by atomic mass is 10.1. The number of hydrogen-bond donors (Lipinski definition) is 2. The molecular formula is C21H21ClN4O5S. The van der Waals surface area contributed by atoms with Crippen molar-refractivity contribution in [3.63, 3.8) is 0 Å². The Kier molecular flexibility index (Phi) is 7.16. The Morgan fingerprint density at radius 1 is 1.25 bits per heavy atom. The van der Waals surface area contributed by atoms with Gasteiger partial charge in [0.25, 0.3) is 11.8 Å². The van der Waals surface area contributed by atoms with Crippen molar-refractivity contribution < 1.29 is 23.9 Å². The van der Waals surface area contributed by atoms with E-state index < -0.39 is 17.8 Å². The molecule has 9 nitrogen and oxygen atoms in total. The van der Waals surface area contributed by atoms with Crippen LogP contribution in [0.3, 0.4) is 0 Å². The van der Waals surface area contributed by atoms with Crippen molar-refractivity contribution in [2.24, 2.45) is 5.73 Å². The minimum Gasteiger partial charge on any atom is -0.470 e. The number of hydrogen-bond acceptors (Lipinski definition) is 7. The van der Waals surface area contributed by atoms with Gasteiger partial charge in [0.2, 0.25) is 0 Å². The van der Waals surface area contributed by atoms with Gasteiger partial charge in [-0.25, -0.2) is 9.48 Å². The SMILES string of the molecule is CCOC(=O)c1c(NC(=O)c2ccn(COc3cc(C)ccc3Cl)n2)sc(C(N)=O)c1C. The van der Waals surface area contributed by atoms with Crippen molar-refractivity contribution in [1.82, 2.24) is 9.78 Å². The highest BCUT2D eigenvalue weighted by atomic mass is 35.5. The lowest BCUT2D eigenvalue weighted by Gasteiger charge is -2.09. The molecule has 11 heteroatoms. The summed E-state index contributed by atoms with van der Waals surface area (Å²) >= 11 is 7.03. The van der Waals surface area contributed by atoms with E-state index in [4.69, 9.17) is 26.8 Å². The fraction of sp³-hybridized carbons (Fsp3) is 0.238. The summed E-state index contributed by atoms with van der Waals surface area (Å²) in [7, 11) is 0. The van der Waals surface area contributed by atoms with E-state index in [0.717, 1.165) is 16.9 Å². The number of rotatable bonds is 8. The van der Waals surface area contributed by atoms with E-state index in [-0.39, 0.29) is 34.5 Å². The van der Waals surface area contributed by atoms with Gasteiger partial charge in [0, 0.05) is 6.20 Å². The molecule has 0 unspecified atom stereocenters. The summed E-state index contributed by atoms with van der Waals surface area (Å²) in [6, 6.07) is 6.90. The number of carbonyl (C=O) groups is 3. The zero-order chi connectivity index (χ0) is 23.4. The monoisotopic (exact) mass is 476 g/mol. The summed E-state index contributed by atoms with van der Waals surface area (Å²) in [5.74, 6) is -1.42. The van der Waals surface area contributed by atoms with Gasteiger partial charge in [-0.3, -0.25) is 9.59 Å².